The molecular weight excluding hydrogens is 450 g/mol. The lowest BCUT2D eigenvalue weighted by Crippen LogP contribution is -2.08. The fourth-order valence-electron chi connectivity index (χ4n) is 4.37. The summed E-state index contributed by atoms with van der Waals surface area (Å²) in [5.41, 5.74) is 7.57. The molecule has 0 saturated carbocycles. The molecule has 0 aliphatic carbocycles. The SMILES string of the molecule is CC/C(=C(\c1ccc(O)cc1)c1ccc(NCCCn2nc(COC)cc2O)cc1)c1ccccc1. The quantitative estimate of drug-likeness (QED) is 0.172. The van der Waals surface area contributed by atoms with Crippen LogP contribution >= 0.6 is 0 Å². The lowest BCUT2D eigenvalue weighted by molar-refractivity contribution is 0.180. The van der Waals surface area contributed by atoms with E-state index in [-0.39, 0.29) is 11.6 Å². The van der Waals surface area contributed by atoms with E-state index in [0.29, 0.717) is 13.2 Å². The highest BCUT2D eigenvalue weighted by Gasteiger charge is 2.13. The molecule has 0 spiro atoms. The minimum absolute atomic E-state index is 0.157. The van der Waals surface area contributed by atoms with Crippen molar-refractivity contribution in [3.63, 3.8) is 0 Å². The smallest absolute Gasteiger partial charge is 0.209 e. The van der Waals surface area contributed by atoms with Crippen molar-refractivity contribution in [1.29, 1.82) is 0 Å². The number of hydrogen-bond donors (Lipinski definition) is 3. The van der Waals surface area contributed by atoms with Crippen molar-refractivity contribution in [3.8, 4) is 11.6 Å². The first-order valence-electron chi connectivity index (χ1n) is 12.3. The van der Waals surface area contributed by atoms with Crippen LogP contribution in [-0.2, 0) is 17.9 Å². The van der Waals surface area contributed by atoms with E-state index in [4.69, 9.17) is 4.74 Å². The van der Waals surface area contributed by atoms with Gasteiger partial charge in [-0.05, 0) is 64.9 Å². The van der Waals surface area contributed by atoms with Crippen molar-refractivity contribution < 1.29 is 14.9 Å². The number of aromatic hydroxyl groups is 2. The molecular formula is C30H33N3O3. The number of anilines is 1. The van der Waals surface area contributed by atoms with Gasteiger partial charge in [0.05, 0.1) is 12.3 Å². The molecule has 3 aromatic carbocycles. The van der Waals surface area contributed by atoms with E-state index in [1.807, 2.05) is 18.2 Å². The number of phenolic OH excluding ortho intramolecular Hbond substituents is 1. The summed E-state index contributed by atoms with van der Waals surface area (Å²) in [6.45, 7) is 3.93. The van der Waals surface area contributed by atoms with Gasteiger partial charge in [0.2, 0.25) is 5.88 Å². The van der Waals surface area contributed by atoms with Crippen LogP contribution in [0.4, 0.5) is 5.69 Å². The van der Waals surface area contributed by atoms with Crippen LogP contribution in [0, 0.1) is 0 Å². The number of allylic oxidation sites excluding steroid dienone is 1. The second-order valence-electron chi connectivity index (χ2n) is 8.63. The Hall–Kier alpha value is -4.03. The second kappa shape index (κ2) is 12.1. The molecule has 0 radical (unpaired) electrons. The summed E-state index contributed by atoms with van der Waals surface area (Å²) >= 11 is 0. The van der Waals surface area contributed by atoms with Gasteiger partial charge in [-0.25, -0.2) is 4.68 Å². The molecule has 0 amide bonds. The topological polar surface area (TPSA) is 79.5 Å². The maximum absolute atomic E-state index is 10.0. The average molecular weight is 484 g/mol. The minimum Gasteiger partial charge on any atom is -0.508 e. The summed E-state index contributed by atoms with van der Waals surface area (Å²) in [7, 11) is 1.61. The van der Waals surface area contributed by atoms with Gasteiger partial charge in [-0.2, -0.15) is 5.10 Å². The molecule has 0 unspecified atom stereocenters. The summed E-state index contributed by atoms with van der Waals surface area (Å²) in [6.07, 6.45) is 1.70. The van der Waals surface area contributed by atoms with Crippen LogP contribution in [0.3, 0.4) is 0 Å². The van der Waals surface area contributed by atoms with Crippen LogP contribution in [0.1, 0.15) is 42.1 Å². The molecule has 4 aromatic rings. The highest BCUT2D eigenvalue weighted by atomic mass is 16.5. The summed E-state index contributed by atoms with van der Waals surface area (Å²) in [5.74, 6) is 0.416. The monoisotopic (exact) mass is 483 g/mol. The Labute approximate surface area is 212 Å². The van der Waals surface area contributed by atoms with Crippen LogP contribution in [0.2, 0.25) is 0 Å². The first-order chi connectivity index (χ1) is 17.6. The number of methoxy groups -OCH3 is 1. The number of aryl methyl sites for hydroxylation is 1. The van der Waals surface area contributed by atoms with Crippen LogP contribution in [0.25, 0.3) is 11.1 Å². The average Bonchev–Trinajstić information content (AvgIpc) is 3.25. The van der Waals surface area contributed by atoms with E-state index < -0.39 is 0 Å². The first kappa shape index (κ1) is 25.1. The summed E-state index contributed by atoms with van der Waals surface area (Å²) in [4.78, 5) is 0. The van der Waals surface area contributed by atoms with Crippen LogP contribution in [0.5, 0.6) is 11.6 Å². The molecule has 6 nitrogen and oxygen atoms in total. The van der Waals surface area contributed by atoms with Gasteiger partial charge < -0.3 is 20.3 Å². The number of nitrogens with one attached hydrogen (secondary N) is 1. The fourth-order valence-corrected chi connectivity index (χ4v) is 4.37. The Morgan fingerprint density at radius 1 is 0.889 bits per heavy atom. The molecule has 0 saturated heterocycles. The van der Waals surface area contributed by atoms with E-state index in [9.17, 15) is 10.2 Å². The number of hydrogen-bond acceptors (Lipinski definition) is 5. The van der Waals surface area contributed by atoms with Crippen molar-refractivity contribution in [3.05, 3.63) is 107 Å². The van der Waals surface area contributed by atoms with Crippen molar-refractivity contribution in [1.82, 2.24) is 9.78 Å². The van der Waals surface area contributed by atoms with Gasteiger partial charge in [-0.1, -0.05) is 61.5 Å². The van der Waals surface area contributed by atoms with Gasteiger partial charge >= 0.3 is 0 Å². The Balaban J connectivity index is 1.50. The molecule has 6 heteroatoms. The highest BCUT2D eigenvalue weighted by Crippen LogP contribution is 2.35. The van der Waals surface area contributed by atoms with Crippen LogP contribution in [0.15, 0.2) is 84.9 Å². The molecule has 1 aromatic heterocycles. The summed E-state index contributed by atoms with van der Waals surface area (Å²) in [5, 5.41) is 27.7. The van der Waals surface area contributed by atoms with Gasteiger partial charge in [-0.15, -0.1) is 0 Å². The van der Waals surface area contributed by atoms with Gasteiger partial charge in [-0.3, -0.25) is 0 Å². The van der Waals surface area contributed by atoms with Gasteiger partial charge in [0.25, 0.3) is 0 Å². The predicted octanol–water partition coefficient (Wildman–Crippen LogP) is 6.31. The van der Waals surface area contributed by atoms with Crippen molar-refractivity contribution in [2.45, 2.75) is 32.9 Å². The number of ether oxygens (including phenoxy) is 1. The van der Waals surface area contributed by atoms with Crippen molar-refractivity contribution >= 4 is 16.8 Å². The number of phenols is 1. The van der Waals surface area contributed by atoms with Crippen LogP contribution < -0.4 is 5.32 Å². The summed E-state index contributed by atoms with van der Waals surface area (Å²) < 4.78 is 6.67. The third-order valence-electron chi connectivity index (χ3n) is 6.08. The zero-order chi connectivity index (χ0) is 25.3. The molecule has 0 aliphatic heterocycles. The highest BCUT2D eigenvalue weighted by molar-refractivity contribution is 5.98. The zero-order valence-electron chi connectivity index (χ0n) is 20.8. The van der Waals surface area contributed by atoms with E-state index in [2.05, 4.69) is 65.9 Å². The minimum atomic E-state index is 0.157. The maximum Gasteiger partial charge on any atom is 0.209 e. The fraction of sp³-hybridized carbons (Fsp3) is 0.233. The first-order valence-corrected chi connectivity index (χ1v) is 12.3. The number of rotatable bonds is 11. The predicted molar refractivity (Wildman–Crippen MR) is 145 cm³/mol. The van der Waals surface area contributed by atoms with Gasteiger partial charge in [0.15, 0.2) is 0 Å². The molecule has 1 heterocycles. The zero-order valence-corrected chi connectivity index (χ0v) is 20.8. The second-order valence-corrected chi connectivity index (χ2v) is 8.63. The van der Waals surface area contributed by atoms with Gasteiger partial charge in [0, 0.05) is 32.0 Å². The lowest BCUT2D eigenvalue weighted by Gasteiger charge is -2.17. The Bertz CT molecular complexity index is 1280. The molecule has 3 N–H and O–H groups in total. The van der Waals surface area contributed by atoms with E-state index in [0.717, 1.165) is 47.5 Å². The summed E-state index contributed by atoms with van der Waals surface area (Å²) in [6, 6.07) is 28.0. The largest absolute Gasteiger partial charge is 0.508 e. The Morgan fingerprint density at radius 3 is 2.19 bits per heavy atom. The molecule has 36 heavy (non-hydrogen) atoms. The Kier molecular flexibility index (Phi) is 8.42. The van der Waals surface area contributed by atoms with E-state index in [1.54, 1.807) is 30.0 Å². The number of aromatic nitrogens is 2. The van der Waals surface area contributed by atoms with Crippen molar-refractivity contribution in [2.75, 3.05) is 19.0 Å². The molecule has 0 atom stereocenters. The number of nitrogens with zero attached hydrogens (tertiary/aromatic N) is 2. The molecule has 4 rings (SSSR count). The third kappa shape index (κ3) is 6.15. The van der Waals surface area contributed by atoms with Crippen molar-refractivity contribution in [2.24, 2.45) is 0 Å². The standard InChI is InChI=1S/C30H33N3O3/c1-3-28(22-8-5-4-6-9-22)30(24-12-16-27(34)17-13-24)23-10-14-25(15-11-23)31-18-7-19-33-29(35)20-26(32-33)21-36-2/h4-6,8-17,20,31,34-35H,3,7,18-19,21H2,1-2H3/b30-28+. The third-order valence-corrected chi connectivity index (χ3v) is 6.08. The maximum atomic E-state index is 10.0. The van der Waals surface area contributed by atoms with E-state index >= 15 is 0 Å². The number of benzene rings is 3. The van der Waals surface area contributed by atoms with E-state index in [1.165, 1.54) is 11.1 Å². The van der Waals surface area contributed by atoms with Crippen LogP contribution in [-0.4, -0.2) is 33.6 Å². The lowest BCUT2D eigenvalue weighted by atomic mass is 9.88. The normalized spacial score (nSPS) is 11.8. The molecule has 0 aliphatic rings. The molecule has 0 fully saturated rings. The molecule has 186 valence electrons. The molecule has 0 bridgehead atoms. The Morgan fingerprint density at radius 2 is 1.56 bits per heavy atom. The van der Waals surface area contributed by atoms with Gasteiger partial charge in [0.1, 0.15) is 5.75 Å².